The molecule has 21 heavy (non-hydrogen) atoms. The number of rotatable bonds is 4. The van der Waals surface area contributed by atoms with E-state index in [0.29, 0.717) is 15.9 Å². The largest absolute Gasteiger partial charge is 0.280 e. The topological polar surface area (TPSA) is 46.2 Å². The molecule has 1 aliphatic carbocycles. The lowest BCUT2D eigenvalue weighted by molar-refractivity contribution is 0.601. The van der Waals surface area contributed by atoms with Crippen LogP contribution in [0, 0.1) is 0 Å². The van der Waals surface area contributed by atoms with Crippen LogP contribution in [0.5, 0.6) is 0 Å². The van der Waals surface area contributed by atoms with Crippen molar-refractivity contribution in [2.75, 3.05) is 4.72 Å². The average molecular weight is 366 g/mol. The van der Waals surface area contributed by atoms with Gasteiger partial charge in [-0.15, -0.1) is 0 Å². The zero-order valence-electron chi connectivity index (χ0n) is 11.5. The van der Waals surface area contributed by atoms with Crippen LogP contribution in [0.1, 0.15) is 23.1 Å². The van der Waals surface area contributed by atoms with Gasteiger partial charge in [0.25, 0.3) is 10.0 Å². The first kappa shape index (κ1) is 14.6. The highest BCUT2D eigenvalue weighted by molar-refractivity contribution is 9.08. The molecule has 0 heterocycles. The molecule has 0 unspecified atom stereocenters. The summed E-state index contributed by atoms with van der Waals surface area (Å²) >= 11 is 3.37. The van der Waals surface area contributed by atoms with E-state index >= 15 is 0 Å². The highest BCUT2D eigenvalue weighted by atomic mass is 79.9. The first-order chi connectivity index (χ1) is 10.1. The van der Waals surface area contributed by atoms with Gasteiger partial charge in [-0.3, -0.25) is 4.72 Å². The molecule has 3 nitrogen and oxygen atoms in total. The minimum absolute atomic E-state index is 0.340. The van der Waals surface area contributed by atoms with Crippen LogP contribution >= 0.6 is 15.9 Å². The summed E-state index contributed by atoms with van der Waals surface area (Å²) in [5.41, 5.74) is 4.05. The number of nitrogens with one attached hydrogen (secondary N) is 1. The molecule has 2 aromatic carbocycles. The van der Waals surface area contributed by atoms with Gasteiger partial charge in [-0.25, -0.2) is 8.42 Å². The monoisotopic (exact) mass is 365 g/mol. The molecule has 0 aliphatic heterocycles. The zero-order valence-corrected chi connectivity index (χ0v) is 13.9. The molecule has 2 aromatic rings. The smallest absolute Gasteiger partial charge is 0.261 e. The number of benzene rings is 2. The van der Waals surface area contributed by atoms with Gasteiger partial charge in [0.1, 0.15) is 0 Å². The molecule has 0 saturated heterocycles. The van der Waals surface area contributed by atoms with Gasteiger partial charge < -0.3 is 0 Å². The fraction of sp³-hybridized carbons (Fsp3) is 0.250. The highest BCUT2D eigenvalue weighted by Crippen LogP contribution is 2.26. The number of sulfonamides is 1. The normalized spacial score (nSPS) is 14.0. The maximum absolute atomic E-state index is 12.5. The minimum atomic E-state index is -3.53. The Morgan fingerprint density at radius 1 is 1.05 bits per heavy atom. The quantitative estimate of drug-likeness (QED) is 0.835. The van der Waals surface area contributed by atoms with E-state index in [4.69, 9.17) is 0 Å². The van der Waals surface area contributed by atoms with Gasteiger partial charge in [-0.2, -0.15) is 0 Å². The van der Waals surface area contributed by atoms with Gasteiger partial charge in [0.2, 0.25) is 0 Å². The predicted octanol–water partition coefficient (Wildman–Crippen LogP) is 3.87. The van der Waals surface area contributed by atoms with Crippen LogP contribution in [-0.2, 0) is 28.2 Å². The van der Waals surface area contributed by atoms with Crippen molar-refractivity contribution in [3.05, 3.63) is 59.2 Å². The standard InChI is InChI=1S/C16H16BrNO2S/c17-11-12-3-1-6-15(9-12)18-21(19,20)16-8-7-13-4-2-5-14(13)10-16/h1,3,6-10,18H,2,4-5,11H2. The van der Waals surface area contributed by atoms with E-state index in [1.54, 1.807) is 18.2 Å². The van der Waals surface area contributed by atoms with Gasteiger partial charge >= 0.3 is 0 Å². The van der Waals surface area contributed by atoms with Crippen molar-refractivity contribution in [1.29, 1.82) is 0 Å². The number of alkyl halides is 1. The fourth-order valence-electron chi connectivity index (χ4n) is 2.65. The molecule has 0 radical (unpaired) electrons. The van der Waals surface area contributed by atoms with Crippen molar-refractivity contribution < 1.29 is 8.42 Å². The Morgan fingerprint density at radius 2 is 1.86 bits per heavy atom. The van der Waals surface area contributed by atoms with Crippen molar-refractivity contribution >= 4 is 31.6 Å². The van der Waals surface area contributed by atoms with Gasteiger partial charge in [0, 0.05) is 11.0 Å². The average Bonchev–Trinajstić information content (AvgIpc) is 2.94. The number of hydrogen-bond acceptors (Lipinski definition) is 2. The van der Waals surface area contributed by atoms with Gasteiger partial charge in [-0.05, 0) is 60.2 Å². The molecule has 0 bridgehead atoms. The number of hydrogen-bond donors (Lipinski definition) is 1. The summed E-state index contributed by atoms with van der Waals surface area (Å²) in [5.74, 6) is 0. The zero-order chi connectivity index (χ0) is 14.9. The lowest BCUT2D eigenvalue weighted by Crippen LogP contribution is -2.13. The van der Waals surface area contributed by atoms with E-state index in [0.717, 1.165) is 30.4 Å². The molecule has 1 aliphatic rings. The van der Waals surface area contributed by atoms with Crippen LogP contribution in [0.3, 0.4) is 0 Å². The SMILES string of the molecule is O=S(=O)(Nc1cccc(CBr)c1)c1ccc2c(c1)CCC2. The molecule has 0 saturated carbocycles. The molecule has 0 amide bonds. The van der Waals surface area contributed by atoms with Crippen LogP contribution in [0.4, 0.5) is 5.69 Å². The Hall–Kier alpha value is -1.33. The maximum Gasteiger partial charge on any atom is 0.261 e. The number of halogens is 1. The second-order valence-corrected chi connectivity index (χ2v) is 7.47. The molecule has 1 N–H and O–H groups in total. The second kappa shape index (κ2) is 5.81. The van der Waals surface area contributed by atoms with Gasteiger partial charge in [0.15, 0.2) is 0 Å². The summed E-state index contributed by atoms with van der Waals surface area (Å²) in [5, 5.41) is 0.696. The summed E-state index contributed by atoms with van der Waals surface area (Å²) in [6.07, 6.45) is 3.13. The lowest BCUT2D eigenvalue weighted by atomic mass is 10.1. The van der Waals surface area contributed by atoms with Crippen molar-refractivity contribution in [1.82, 2.24) is 0 Å². The van der Waals surface area contributed by atoms with E-state index in [1.807, 2.05) is 24.3 Å². The number of anilines is 1. The van der Waals surface area contributed by atoms with E-state index in [1.165, 1.54) is 5.56 Å². The molecule has 0 spiro atoms. The van der Waals surface area contributed by atoms with Gasteiger partial charge in [-0.1, -0.05) is 34.1 Å². The third-order valence-corrected chi connectivity index (χ3v) is 5.74. The van der Waals surface area contributed by atoms with Crippen molar-refractivity contribution in [2.24, 2.45) is 0 Å². The molecular formula is C16H16BrNO2S. The summed E-state index contributed by atoms with van der Waals surface area (Å²) < 4.78 is 27.6. The molecule has 110 valence electrons. The maximum atomic E-state index is 12.5. The second-order valence-electron chi connectivity index (χ2n) is 5.22. The van der Waals surface area contributed by atoms with Crippen molar-refractivity contribution in [3.8, 4) is 0 Å². The Labute approximate surface area is 133 Å². The summed E-state index contributed by atoms with van der Waals surface area (Å²) in [7, 11) is -3.53. The molecule has 0 fully saturated rings. The van der Waals surface area contributed by atoms with Gasteiger partial charge in [0.05, 0.1) is 4.90 Å². The van der Waals surface area contributed by atoms with E-state index in [2.05, 4.69) is 20.7 Å². The predicted molar refractivity (Wildman–Crippen MR) is 88.3 cm³/mol. The fourth-order valence-corrected chi connectivity index (χ4v) is 4.10. The number of aryl methyl sites for hydroxylation is 2. The summed E-state index contributed by atoms with van der Waals surface area (Å²) in [6.45, 7) is 0. The van der Waals surface area contributed by atoms with E-state index in [9.17, 15) is 8.42 Å². The summed E-state index contributed by atoms with van der Waals surface area (Å²) in [6, 6.07) is 12.8. The van der Waals surface area contributed by atoms with Crippen LogP contribution in [0.25, 0.3) is 0 Å². The summed E-state index contributed by atoms with van der Waals surface area (Å²) in [4.78, 5) is 0.340. The molecule has 0 atom stereocenters. The lowest BCUT2D eigenvalue weighted by Gasteiger charge is -2.10. The van der Waals surface area contributed by atoms with Crippen LogP contribution < -0.4 is 4.72 Å². The third kappa shape index (κ3) is 3.14. The first-order valence-corrected chi connectivity index (χ1v) is 9.48. The van der Waals surface area contributed by atoms with Crippen LogP contribution in [0.2, 0.25) is 0 Å². The highest BCUT2D eigenvalue weighted by Gasteiger charge is 2.18. The number of fused-ring (bicyclic) bond motifs is 1. The first-order valence-electron chi connectivity index (χ1n) is 6.88. The van der Waals surface area contributed by atoms with Crippen LogP contribution in [0.15, 0.2) is 47.4 Å². The third-order valence-electron chi connectivity index (χ3n) is 3.71. The Morgan fingerprint density at radius 3 is 2.67 bits per heavy atom. The van der Waals surface area contributed by atoms with Crippen LogP contribution in [-0.4, -0.2) is 8.42 Å². The van der Waals surface area contributed by atoms with Crippen molar-refractivity contribution in [2.45, 2.75) is 29.5 Å². The molecule has 5 heteroatoms. The van der Waals surface area contributed by atoms with E-state index < -0.39 is 10.0 Å². The molecule has 3 rings (SSSR count). The Bertz CT molecular complexity index is 772. The Kier molecular flexibility index (Phi) is 4.04. The Balaban J connectivity index is 1.89. The molecule has 0 aromatic heterocycles. The molecular weight excluding hydrogens is 350 g/mol. The van der Waals surface area contributed by atoms with E-state index in [-0.39, 0.29) is 0 Å². The minimum Gasteiger partial charge on any atom is -0.280 e. The van der Waals surface area contributed by atoms with Crippen molar-refractivity contribution in [3.63, 3.8) is 0 Å².